The zero-order valence-corrected chi connectivity index (χ0v) is 7.08. The fourth-order valence-corrected chi connectivity index (χ4v) is 0.840. The van der Waals surface area contributed by atoms with E-state index < -0.39 is 5.92 Å². The van der Waals surface area contributed by atoms with Crippen LogP contribution in [0.15, 0.2) is 49.1 Å². The van der Waals surface area contributed by atoms with Gasteiger partial charge in [0.2, 0.25) is 0 Å². The van der Waals surface area contributed by atoms with E-state index in [0.717, 1.165) is 11.6 Å². The fourth-order valence-electron chi connectivity index (χ4n) is 0.840. The molecule has 1 rings (SSSR count). The molecule has 0 saturated heterocycles. The van der Waals surface area contributed by atoms with Crippen molar-refractivity contribution in [2.75, 3.05) is 0 Å². The third-order valence-electron chi connectivity index (χ3n) is 1.57. The van der Waals surface area contributed by atoms with Crippen molar-refractivity contribution in [1.29, 1.82) is 0 Å². The average molecular weight is 180 g/mol. The molecule has 0 amide bonds. The van der Waals surface area contributed by atoms with E-state index in [0.29, 0.717) is 6.08 Å². The molecule has 1 aromatic rings. The SMILES string of the molecule is C=CC(F)(F)/C=C/c1ccccc1. The lowest BCUT2D eigenvalue weighted by molar-refractivity contribution is 0.113. The zero-order chi connectivity index (χ0) is 9.73. The molecular weight excluding hydrogens is 170 g/mol. The molecule has 68 valence electrons. The smallest absolute Gasteiger partial charge is 0.197 e. The third kappa shape index (κ3) is 3.20. The van der Waals surface area contributed by atoms with Crippen LogP contribution in [-0.4, -0.2) is 5.92 Å². The van der Waals surface area contributed by atoms with Crippen LogP contribution in [0.2, 0.25) is 0 Å². The van der Waals surface area contributed by atoms with E-state index in [2.05, 4.69) is 6.58 Å². The van der Waals surface area contributed by atoms with Gasteiger partial charge >= 0.3 is 0 Å². The predicted molar refractivity (Wildman–Crippen MR) is 50.6 cm³/mol. The van der Waals surface area contributed by atoms with Crippen molar-refractivity contribution in [1.82, 2.24) is 0 Å². The second kappa shape index (κ2) is 3.99. The second-order valence-electron chi connectivity index (χ2n) is 2.62. The molecule has 0 heterocycles. The fraction of sp³-hybridized carbons (Fsp3) is 0.0909. The normalized spacial score (nSPS) is 11.8. The molecule has 0 saturated carbocycles. The molecule has 0 aliphatic carbocycles. The summed E-state index contributed by atoms with van der Waals surface area (Å²) in [6.07, 6.45) is 2.82. The van der Waals surface area contributed by atoms with E-state index in [-0.39, 0.29) is 0 Å². The summed E-state index contributed by atoms with van der Waals surface area (Å²) in [5, 5.41) is 0. The van der Waals surface area contributed by atoms with Crippen molar-refractivity contribution in [3.63, 3.8) is 0 Å². The summed E-state index contributed by atoms with van der Waals surface area (Å²) in [5.74, 6) is -2.92. The molecule has 0 bridgehead atoms. The number of alkyl halides is 2. The molecule has 0 nitrogen and oxygen atoms in total. The highest BCUT2D eigenvalue weighted by molar-refractivity contribution is 5.50. The Bertz CT molecular complexity index is 299. The van der Waals surface area contributed by atoms with Crippen molar-refractivity contribution in [3.8, 4) is 0 Å². The van der Waals surface area contributed by atoms with Crippen LogP contribution in [-0.2, 0) is 0 Å². The van der Waals surface area contributed by atoms with Crippen LogP contribution in [0.25, 0.3) is 6.08 Å². The van der Waals surface area contributed by atoms with E-state index in [1.807, 2.05) is 6.07 Å². The van der Waals surface area contributed by atoms with Crippen LogP contribution in [0.5, 0.6) is 0 Å². The van der Waals surface area contributed by atoms with E-state index in [1.54, 1.807) is 24.3 Å². The number of benzene rings is 1. The Hall–Kier alpha value is -1.44. The minimum absolute atomic E-state index is 0.618. The van der Waals surface area contributed by atoms with E-state index in [1.165, 1.54) is 6.08 Å². The van der Waals surface area contributed by atoms with Gasteiger partial charge < -0.3 is 0 Å². The molecule has 0 atom stereocenters. The third-order valence-corrected chi connectivity index (χ3v) is 1.57. The first kappa shape index (κ1) is 9.65. The summed E-state index contributed by atoms with van der Waals surface area (Å²) < 4.78 is 25.3. The molecule has 1 aromatic carbocycles. The first-order valence-electron chi connectivity index (χ1n) is 3.90. The Morgan fingerprint density at radius 1 is 1.15 bits per heavy atom. The zero-order valence-electron chi connectivity index (χ0n) is 7.08. The molecule has 0 N–H and O–H groups in total. The maximum atomic E-state index is 12.6. The maximum absolute atomic E-state index is 12.6. The van der Waals surface area contributed by atoms with Crippen LogP contribution >= 0.6 is 0 Å². The molecule has 0 unspecified atom stereocenters. The Morgan fingerprint density at radius 2 is 1.77 bits per heavy atom. The van der Waals surface area contributed by atoms with Crippen LogP contribution in [0.1, 0.15) is 5.56 Å². The molecule has 0 fully saturated rings. The largest absolute Gasteiger partial charge is 0.284 e. The maximum Gasteiger partial charge on any atom is 0.284 e. The van der Waals surface area contributed by atoms with Gasteiger partial charge in [0.25, 0.3) is 5.92 Å². The molecule has 0 radical (unpaired) electrons. The van der Waals surface area contributed by atoms with Crippen molar-refractivity contribution in [2.24, 2.45) is 0 Å². The molecular formula is C11H10F2. The molecule has 13 heavy (non-hydrogen) atoms. The highest BCUT2D eigenvalue weighted by Crippen LogP contribution is 2.17. The standard InChI is InChI=1S/C11H10F2/c1-2-11(12,13)9-8-10-6-4-3-5-7-10/h2-9H,1H2/b9-8+. The van der Waals surface area contributed by atoms with Crippen molar-refractivity contribution in [2.45, 2.75) is 5.92 Å². The molecule has 2 heteroatoms. The first-order valence-corrected chi connectivity index (χ1v) is 3.90. The summed E-state index contributed by atoms with van der Waals surface area (Å²) in [6, 6.07) is 8.95. The van der Waals surface area contributed by atoms with Crippen LogP contribution < -0.4 is 0 Å². The summed E-state index contributed by atoms with van der Waals surface area (Å²) in [5.41, 5.74) is 0.754. The molecule has 0 aliphatic heterocycles. The van der Waals surface area contributed by atoms with Gasteiger partial charge in [-0.3, -0.25) is 0 Å². The number of hydrogen-bond acceptors (Lipinski definition) is 0. The quantitative estimate of drug-likeness (QED) is 0.624. The summed E-state index contributed by atoms with van der Waals surface area (Å²) in [7, 11) is 0. The Morgan fingerprint density at radius 3 is 2.31 bits per heavy atom. The van der Waals surface area contributed by atoms with Crippen LogP contribution in [0.4, 0.5) is 8.78 Å². The Balaban J connectivity index is 2.75. The van der Waals surface area contributed by atoms with Crippen molar-refractivity contribution < 1.29 is 8.78 Å². The minimum atomic E-state index is -2.92. The topological polar surface area (TPSA) is 0 Å². The van der Waals surface area contributed by atoms with Gasteiger partial charge in [-0.2, -0.15) is 8.78 Å². The van der Waals surface area contributed by atoms with Gasteiger partial charge in [-0.05, 0) is 17.7 Å². The molecule has 0 aliphatic rings. The van der Waals surface area contributed by atoms with Crippen LogP contribution in [0.3, 0.4) is 0 Å². The minimum Gasteiger partial charge on any atom is -0.197 e. The lowest BCUT2D eigenvalue weighted by atomic mass is 10.2. The van der Waals surface area contributed by atoms with Crippen molar-refractivity contribution >= 4 is 6.08 Å². The van der Waals surface area contributed by atoms with Crippen molar-refractivity contribution in [3.05, 3.63) is 54.6 Å². The monoisotopic (exact) mass is 180 g/mol. The number of halogens is 2. The van der Waals surface area contributed by atoms with Gasteiger partial charge in [-0.25, -0.2) is 0 Å². The van der Waals surface area contributed by atoms with E-state index in [9.17, 15) is 8.78 Å². The van der Waals surface area contributed by atoms with Gasteiger partial charge in [0.1, 0.15) is 0 Å². The lowest BCUT2D eigenvalue weighted by Crippen LogP contribution is -2.05. The Kier molecular flexibility index (Phi) is 2.96. The number of allylic oxidation sites excluding steroid dienone is 2. The van der Waals surface area contributed by atoms with Gasteiger partial charge in [-0.15, -0.1) is 0 Å². The number of rotatable bonds is 3. The lowest BCUT2D eigenvalue weighted by Gasteiger charge is -2.03. The van der Waals surface area contributed by atoms with Gasteiger partial charge in [-0.1, -0.05) is 43.0 Å². The van der Waals surface area contributed by atoms with E-state index in [4.69, 9.17) is 0 Å². The van der Waals surface area contributed by atoms with Gasteiger partial charge in [0, 0.05) is 0 Å². The van der Waals surface area contributed by atoms with E-state index >= 15 is 0 Å². The summed E-state index contributed by atoms with van der Waals surface area (Å²) >= 11 is 0. The summed E-state index contributed by atoms with van der Waals surface area (Å²) in [4.78, 5) is 0. The summed E-state index contributed by atoms with van der Waals surface area (Å²) in [6.45, 7) is 3.04. The van der Waals surface area contributed by atoms with Gasteiger partial charge in [0.15, 0.2) is 0 Å². The van der Waals surface area contributed by atoms with Gasteiger partial charge in [0.05, 0.1) is 0 Å². The number of hydrogen-bond donors (Lipinski definition) is 0. The Labute approximate surface area is 76.2 Å². The first-order chi connectivity index (χ1) is 6.14. The average Bonchev–Trinajstić information content (AvgIpc) is 2.17. The second-order valence-corrected chi connectivity index (χ2v) is 2.62. The van der Waals surface area contributed by atoms with Crippen LogP contribution in [0, 0.1) is 0 Å². The highest BCUT2D eigenvalue weighted by atomic mass is 19.3. The predicted octanol–water partition coefficient (Wildman–Crippen LogP) is 3.52. The molecule has 0 aromatic heterocycles. The molecule has 0 spiro atoms. The highest BCUT2D eigenvalue weighted by Gasteiger charge is 2.18.